The molecular weight excluding hydrogens is 449 g/mol. The van der Waals surface area contributed by atoms with Gasteiger partial charge in [0.1, 0.15) is 17.2 Å². The molecule has 2 bridgehead atoms. The lowest BCUT2D eigenvalue weighted by Gasteiger charge is -2.42. The van der Waals surface area contributed by atoms with Crippen molar-refractivity contribution < 1.29 is 32.3 Å². The van der Waals surface area contributed by atoms with E-state index in [0.29, 0.717) is 18.8 Å². The number of nitrogens with zero attached hydrogens (tertiary/aromatic N) is 1. The number of hydrogen-bond donors (Lipinski definition) is 2. The molecule has 1 heterocycles. The van der Waals surface area contributed by atoms with Gasteiger partial charge < -0.3 is 24.4 Å². The van der Waals surface area contributed by atoms with Crippen LogP contribution in [-0.2, 0) is 11.3 Å². The topological polar surface area (TPSA) is 76.8 Å². The molecule has 6 nitrogen and oxygen atoms in total. The van der Waals surface area contributed by atoms with Gasteiger partial charge in [-0.3, -0.25) is 0 Å². The van der Waals surface area contributed by atoms with Crippen LogP contribution in [0, 0.1) is 11.8 Å². The lowest BCUT2D eigenvalue weighted by atomic mass is 9.79. The lowest BCUT2D eigenvalue weighted by molar-refractivity contribution is -0.274. The maximum atomic E-state index is 13.0. The lowest BCUT2D eigenvalue weighted by Crippen LogP contribution is -2.51. The van der Waals surface area contributed by atoms with Crippen LogP contribution < -0.4 is 10.1 Å². The highest BCUT2D eigenvalue weighted by Crippen LogP contribution is 2.51. The maximum absolute atomic E-state index is 13.0. The number of hydrogen-bond acceptors (Lipinski definition) is 6. The molecular formula is C25H31F3N2O4. The van der Waals surface area contributed by atoms with E-state index in [9.17, 15) is 18.3 Å². The molecule has 9 heteroatoms. The van der Waals surface area contributed by atoms with Crippen molar-refractivity contribution in [1.29, 1.82) is 0 Å². The van der Waals surface area contributed by atoms with Gasteiger partial charge in [-0.05, 0) is 57.1 Å². The second kappa shape index (κ2) is 9.17. The Kier molecular flexibility index (Phi) is 6.37. The quantitative estimate of drug-likeness (QED) is 0.461. The first-order chi connectivity index (χ1) is 16.3. The summed E-state index contributed by atoms with van der Waals surface area (Å²) in [5.74, 6) is -0.165. The summed E-state index contributed by atoms with van der Waals surface area (Å²) in [6.45, 7) is 3.02. The van der Waals surface area contributed by atoms with Gasteiger partial charge in [-0.25, -0.2) is 0 Å². The Labute approximate surface area is 196 Å². The summed E-state index contributed by atoms with van der Waals surface area (Å²) >= 11 is 0. The van der Waals surface area contributed by atoms with Crippen LogP contribution in [0.4, 0.5) is 13.2 Å². The first-order valence-electron chi connectivity index (χ1n) is 12.2. The molecule has 186 valence electrons. The number of alkyl halides is 3. The van der Waals surface area contributed by atoms with Crippen molar-refractivity contribution in [3.8, 4) is 17.0 Å². The van der Waals surface area contributed by atoms with E-state index < -0.39 is 12.1 Å². The Bertz CT molecular complexity index is 990. The molecule has 1 aromatic heterocycles. The summed E-state index contributed by atoms with van der Waals surface area (Å²) in [6, 6.07) is 6.22. The second-order valence-corrected chi connectivity index (χ2v) is 9.81. The van der Waals surface area contributed by atoms with Crippen LogP contribution in [0.15, 0.2) is 28.8 Å². The van der Waals surface area contributed by atoms with E-state index in [4.69, 9.17) is 9.26 Å². The first-order valence-corrected chi connectivity index (χ1v) is 12.2. The minimum Gasteiger partial charge on any atom is -0.405 e. The number of para-hydroxylation sites is 1. The van der Waals surface area contributed by atoms with Crippen LogP contribution in [0.1, 0.15) is 69.1 Å². The number of benzene rings is 1. The molecule has 0 aliphatic heterocycles. The SMILES string of the molecule is CCCOC1(O)C2CCC1CC(NCc1c(-c3ccccc3OC(F)(F)F)noc1C1CC1)C2. The normalized spacial score (nSPS) is 28.9. The predicted octanol–water partition coefficient (Wildman–Crippen LogP) is 5.51. The average molecular weight is 481 g/mol. The molecule has 2 atom stereocenters. The van der Waals surface area contributed by atoms with E-state index in [1.807, 2.05) is 6.92 Å². The highest BCUT2D eigenvalue weighted by molar-refractivity contribution is 5.70. The van der Waals surface area contributed by atoms with Crippen molar-refractivity contribution in [2.24, 2.45) is 11.8 Å². The van der Waals surface area contributed by atoms with Crippen LogP contribution >= 0.6 is 0 Å². The highest BCUT2D eigenvalue weighted by atomic mass is 19.4. The monoisotopic (exact) mass is 480 g/mol. The smallest absolute Gasteiger partial charge is 0.405 e. The summed E-state index contributed by atoms with van der Waals surface area (Å²) in [5.41, 5.74) is 1.44. The number of aliphatic hydroxyl groups is 1. The van der Waals surface area contributed by atoms with Crippen molar-refractivity contribution in [2.45, 2.75) is 82.5 Å². The molecule has 0 saturated heterocycles. The Morgan fingerprint density at radius 2 is 1.85 bits per heavy atom. The van der Waals surface area contributed by atoms with Gasteiger partial charge in [0.05, 0.1) is 0 Å². The predicted molar refractivity (Wildman–Crippen MR) is 118 cm³/mol. The fourth-order valence-electron chi connectivity index (χ4n) is 5.67. The molecule has 2 unspecified atom stereocenters. The van der Waals surface area contributed by atoms with Crippen LogP contribution in [0.3, 0.4) is 0 Å². The van der Waals surface area contributed by atoms with Gasteiger partial charge in [0, 0.05) is 48.1 Å². The van der Waals surface area contributed by atoms with Crippen molar-refractivity contribution in [3.63, 3.8) is 0 Å². The molecule has 1 aromatic carbocycles. The highest BCUT2D eigenvalue weighted by Gasteiger charge is 2.54. The van der Waals surface area contributed by atoms with Gasteiger partial charge in [0.2, 0.25) is 0 Å². The molecule has 3 saturated carbocycles. The maximum Gasteiger partial charge on any atom is 0.573 e. The van der Waals surface area contributed by atoms with Gasteiger partial charge in [0.25, 0.3) is 0 Å². The van der Waals surface area contributed by atoms with Gasteiger partial charge in [0.15, 0.2) is 5.79 Å². The van der Waals surface area contributed by atoms with Crippen LogP contribution in [0.2, 0.25) is 0 Å². The Morgan fingerprint density at radius 1 is 1.15 bits per heavy atom. The second-order valence-electron chi connectivity index (χ2n) is 9.81. The zero-order valence-electron chi connectivity index (χ0n) is 19.2. The largest absolute Gasteiger partial charge is 0.573 e. The fourth-order valence-corrected chi connectivity index (χ4v) is 5.67. The third-order valence-corrected chi connectivity index (χ3v) is 7.41. The number of rotatable bonds is 9. The Hall–Kier alpha value is -2.10. The molecule has 3 aliphatic rings. The number of nitrogens with one attached hydrogen (secondary N) is 1. The van der Waals surface area contributed by atoms with E-state index in [0.717, 1.165) is 56.3 Å². The molecule has 0 amide bonds. The van der Waals surface area contributed by atoms with Crippen molar-refractivity contribution >= 4 is 0 Å². The molecule has 0 radical (unpaired) electrons. The average Bonchev–Trinajstić information content (AvgIpc) is 3.53. The van der Waals surface area contributed by atoms with Gasteiger partial charge in [-0.15, -0.1) is 13.2 Å². The molecule has 3 fully saturated rings. The van der Waals surface area contributed by atoms with Crippen LogP contribution in [0.5, 0.6) is 5.75 Å². The number of ether oxygens (including phenoxy) is 2. The third-order valence-electron chi connectivity index (χ3n) is 7.41. The van der Waals surface area contributed by atoms with Crippen molar-refractivity contribution in [1.82, 2.24) is 10.5 Å². The van der Waals surface area contributed by atoms with E-state index >= 15 is 0 Å². The molecule has 5 rings (SSSR count). The molecule has 0 spiro atoms. The molecule has 2 N–H and O–H groups in total. The molecule has 2 aromatic rings. The summed E-state index contributed by atoms with van der Waals surface area (Å²) in [7, 11) is 0. The van der Waals surface area contributed by atoms with E-state index in [1.165, 1.54) is 12.1 Å². The minimum atomic E-state index is -4.80. The van der Waals surface area contributed by atoms with Gasteiger partial charge in [-0.1, -0.05) is 24.2 Å². The van der Waals surface area contributed by atoms with Crippen molar-refractivity contribution in [2.75, 3.05) is 6.61 Å². The Morgan fingerprint density at radius 3 is 2.50 bits per heavy atom. The zero-order valence-corrected chi connectivity index (χ0v) is 19.2. The fraction of sp³-hybridized carbons (Fsp3) is 0.640. The van der Waals surface area contributed by atoms with Gasteiger partial charge >= 0.3 is 6.36 Å². The van der Waals surface area contributed by atoms with Crippen LogP contribution in [-0.4, -0.2) is 35.1 Å². The van der Waals surface area contributed by atoms with Gasteiger partial charge in [-0.2, -0.15) is 0 Å². The van der Waals surface area contributed by atoms with E-state index in [2.05, 4.69) is 15.2 Å². The number of fused-ring (bicyclic) bond motifs is 2. The third kappa shape index (κ3) is 4.70. The molecule has 3 aliphatic carbocycles. The first kappa shape index (κ1) is 23.6. The summed E-state index contributed by atoms with van der Waals surface area (Å²) in [6.07, 6.45) is 1.51. The summed E-state index contributed by atoms with van der Waals surface area (Å²) in [4.78, 5) is 0. The summed E-state index contributed by atoms with van der Waals surface area (Å²) < 4.78 is 54.8. The molecule has 34 heavy (non-hydrogen) atoms. The van der Waals surface area contributed by atoms with Crippen LogP contribution in [0.25, 0.3) is 11.3 Å². The number of halogens is 3. The van der Waals surface area contributed by atoms with E-state index in [-0.39, 0.29) is 35.1 Å². The zero-order chi connectivity index (χ0) is 23.9. The minimum absolute atomic E-state index is 0.0843. The van der Waals surface area contributed by atoms with Crippen molar-refractivity contribution in [3.05, 3.63) is 35.6 Å². The summed E-state index contributed by atoms with van der Waals surface area (Å²) in [5, 5.41) is 18.9. The number of aromatic nitrogens is 1. The van der Waals surface area contributed by atoms with E-state index in [1.54, 1.807) is 12.1 Å². The Balaban J connectivity index is 1.35. The standard InChI is InChI=1S/C25H31F3N2O4/c1-2-11-32-24(31)16-9-10-17(24)13-18(12-16)29-14-20-22(30-34-23(20)15-7-8-15)19-5-3-4-6-21(19)33-25(26,27)28/h3-6,15-18,29,31H,2,7-14H2,1H3.